The smallest absolute Gasteiger partial charge is 0.253 e. The number of hydrogen-bond acceptors (Lipinski definition) is 4. The quantitative estimate of drug-likeness (QED) is 0.727. The van der Waals surface area contributed by atoms with Crippen molar-refractivity contribution in [2.75, 3.05) is 33.2 Å². The minimum atomic E-state index is 0.0237. The van der Waals surface area contributed by atoms with Crippen molar-refractivity contribution in [1.82, 2.24) is 9.80 Å². The van der Waals surface area contributed by atoms with Crippen molar-refractivity contribution in [3.63, 3.8) is 0 Å². The third kappa shape index (κ3) is 2.68. The van der Waals surface area contributed by atoms with Crippen molar-refractivity contribution in [2.24, 2.45) is 5.18 Å². The van der Waals surface area contributed by atoms with Gasteiger partial charge in [-0.3, -0.25) is 4.79 Å². The standard InChI is InChI=1S/C12H15N3O2/c1-14-6-8-15(9-7-14)12(16)10-2-4-11(13-17)5-3-10/h2-5H,6-9H2,1H3. The zero-order valence-electron chi connectivity index (χ0n) is 9.80. The molecule has 0 radical (unpaired) electrons. The number of nitroso groups, excluding NO2 is 1. The van der Waals surface area contributed by atoms with Crippen molar-refractivity contribution >= 4 is 11.6 Å². The van der Waals surface area contributed by atoms with Gasteiger partial charge in [-0.05, 0) is 36.5 Å². The molecule has 1 aromatic carbocycles. The molecule has 1 aliphatic rings. The summed E-state index contributed by atoms with van der Waals surface area (Å²) in [7, 11) is 2.05. The summed E-state index contributed by atoms with van der Waals surface area (Å²) in [6.45, 7) is 3.31. The molecule has 0 bridgehead atoms. The maximum Gasteiger partial charge on any atom is 0.253 e. The Bertz CT molecular complexity index is 408. The molecule has 5 heteroatoms. The van der Waals surface area contributed by atoms with Gasteiger partial charge in [-0.2, -0.15) is 0 Å². The van der Waals surface area contributed by atoms with E-state index in [2.05, 4.69) is 10.1 Å². The molecule has 1 fully saturated rings. The third-order valence-corrected chi connectivity index (χ3v) is 3.01. The fourth-order valence-corrected chi connectivity index (χ4v) is 1.86. The van der Waals surface area contributed by atoms with Crippen LogP contribution in [0.5, 0.6) is 0 Å². The maximum atomic E-state index is 12.1. The number of amides is 1. The lowest BCUT2D eigenvalue weighted by Gasteiger charge is -2.32. The Kier molecular flexibility index (Phi) is 3.49. The molecule has 1 amide bonds. The highest BCUT2D eigenvalue weighted by molar-refractivity contribution is 5.94. The van der Waals surface area contributed by atoms with Gasteiger partial charge in [0.1, 0.15) is 5.69 Å². The van der Waals surface area contributed by atoms with Crippen LogP contribution in [0.1, 0.15) is 10.4 Å². The number of piperazine rings is 1. The molecule has 0 N–H and O–H groups in total. The van der Waals surface area contributed by atoms with Crippen LogP contribution >= 0.6 is 0 Å². The number of rotatable bonds is 2. The Morgan fingerprint density at radius 1 is 1.12 bits per heavy atom. The molecule has 0 aromatic heterocycles. The lowest BCUT2D eigenvalue weighted by Crippen LogP contribution is -2.47. The van der Waals surface area contributed by atoms with Crippen molar-refractivity contribution < 1.29 is 4.79 Å². The third-order valence-electron chi connectivity index (χ3n) is 3.01. The first-order valence-corrected chi connectivity index (χ1v) is 5.62. The predicted octanol–water partition coefficient (Wildman–Crippen LogP) is 1.47. The van der Waals surface area contributed by atoms with Crippen LogP contribution in [0.25, 0.3) is 0 Å². The van der Waals surface area contributed by atoms with Gasteiger partial charge < -0.3 is 9.80 Å². The van der Waals surface area contributed by atoms with Gasteiger partial charge in [0.2, 0.25) is 0 Å². The topological polar surface area (TPSA) is 53.0 Å². The second kappa shape index (κ2) is 5.05. The van der Waals surface area contributed by atoms with E-state index < -0.39 is 0 Å². The molecule has 1 aliphatic heterocycles. The van der Waals surface area contributed by atoms with Gasteiger partial charge in [0, 0.05) is 31.7 Å². The first kappa shape index (κ1) is 11.7. The molecule has 0 unspecified atom stereocenters. The van der Waals surface area contributed by atoms with Gasteiger partial charge in [0.25, 0.3) is 5.91 Å². The summed E-state index contributed by atoms with van der Waals surface area (Å²) >= 11 is 0. The largest absolute Gasteiger partial charge is 0.336 e. The zero-order valence-corrected chi connectivity index (χ0v) is 9.80. The van der Waals surface area contributed by atoms with Gasteiger partial charge in [-0.1, -0.05) is 0 Å². The molecule has 1 aromatic rings. The normalized spacial score (nSPS) is 16.9. The first-order valence-electron chi connectivity index (χ1n) is 5.62. The second-order valence-corrected chi connectivity index (χ2v) is 4.23. The van der Waals surface area contributed by atoms with Crippen LogP contribution in [-0.4, -0.2) is 48.9 Å². The van der Waals surface area contributed by atoms with E-state index in [1.54, 1.807) is 24.3 Å². The Labute approximate surface area is 100.0 Å². The fourth-order valence-electron chi connectivity index (χ4n) is 1.86. The second-order valence-electron chi connectivity index (χ2n) is 4.23. The zero-order chi connectivity index (χ0) is 12.3. The van der Waals surface area contributed by atoms with Gasteiger partial charge in [0.05, 0.1) is 0 Å². The average Bonchev–Trinajstić information content (AvgIpc) is 2.39. The van der Waals surface area contributed by atoms with Gasteiger partial charge >= 0.3 is 0 Å². The summed E-state index contributed by atoms with van der Waals surface area (Å²) in [5.41, 5.74) is 0.960. The van der Waals surface area contributed by atoms with E-state index in [9.17, 15) is 9.70 Å². The van der Waals surface area contributed by atoms with E-state index in [4.69, 9.17) is 0 Å². The highest BCUT2D eigenvalue weighted by atomic mass is 16.3. The Morgan fingerprint density at radius 2 is 1.71 bits per heavy atom. The van der Waals surface area contributed by atoms with Gasteiger partial charge in [-0.15, -0.1) is 4.91 Å². The van der Waals surface area contributed by atoms with E-state index in [1.165, 1.54) is 0 Å². The van der Waals surface area contributed by atoms with Crippen LogP contribution in [0.15, 0.2) is 29.4 Å². The molecule has 1 heterocycles. The number of benzene rings is 1. The molecule has 0 atom stereocenters. The summed E-state index contributed by atoms with van der Waals surface area (Å²) in [6, 6.07) is 6.43. The molecule has 5 nitrogen and oxygen atoms in total. The fraction of sp³-hybridized carbons (Fsp3) is 0.417. The van der Waals surface area contributed by atoms with E-state index in [-0.39, 0.29) is 5.91 Å². The van der Waals surface area contributed by atoms with Crippen LogP contribution < -0.4 is 0 Å². The molecule has 2 rings (SSSR count). The summed E-state index contributed by atoms with van der Waals surface area (Å²) < 4.78 is 0. The average molecular weight is 233 g/mol. The van der Waals surface area contributed by atoms with Crippen LogP contribution in [0.3, 0.4) is 0 Å². The molecule has 17 heavy (non-hydrogen) atoms. The lowest BCUT2D eigenvalue weighted by molar-refractivity contribution is 0.0664. The van der Waals surface area contributed by atoms with Crippen LogP contribution in [-0.2, 0) is 0 Å². The summed E-state index contributed by atoms with van der Waals surface area (Å²) in [5.74, 6) is 0.0237. The minimum Gasteiger partial charge on any atom is -0.336 e. The minimum absolute atomic E-state index is 0.0237. The van der Waals surface area contributed by atoms with Gasteiger partial charge in [-0.25, -0.2) is 0 Å². The Hall–Kier alpha value is -1.75. The molecule has 1 saturated heterocycles. The van der Waals surface area contributed by atoms with E-state index in [0.717, 1.165) is 26.2 Å². The van der Waals surface area contributed by atoms with Crippen LogP contribution in [0.4, 0.5) is 5.69 Å². The van der Waals surface area contributed by atoms with Crippen molar-refractivity contribution in [1.29, 1.82) is 0 Å². The lowest BCUT2D eigenvalue weighted by atomic mass is 10.1. The Balaban J connectivity index is 2.06. The highest BCUT2D eigenvalue weighted by Crippen LogP contribution is 2.14. The van der Waals surface area contributed by atoms with Crippen molar-refractivity contribution in [3.05, 3.63) is 34.7 Å². The predicted molar refractivity (Wildman–Crippen MR) is 65.3 cm³/mol. The number of carbonyl (C=O) groups is 1. The molecule has 90 valence electrons. The van der Waals surface area contributed by atoms with E-state index in [1.807, 2.05) is 11.9 Å². The molecule has 0 spiro atoms. The number of carbonyl (C=O) groups excluding carboxylic acids is 1. The monoisotopic (exact) mass is 233 g/mol. The van der Waals surface area contributed by atoms with E-state index in [0.29, 0.717) is 11.3 Å². The summed E-state index contributed by atoms with van der Waals surface area (Å²) in [4.78, 5) is 26.4. The molecule has 0 aliphatic carbocycles. The molecular formula is C12H15N3O2. The SMILES string of the molecule is CN1CCN(C(=O)c2ccc(N=O)cc2)CC1. The summed E-state index contributed by atoms with van der Waals surface area (Å²) in [5, 5.41) is 2.81. The van der Waals surface area contributed by atoms with Crippen molar-refractivity contribution in [2.45, 2.75) is 0 Å². The van der Waals surface area contributed by atoms with Crippen LogP contribution in [0.2, 0.25) is 0 Å². The van der Waals surface area contributed by atoms with Crippen molar-refractivity contribution in [3.8, 4) is 0 Å². The number of hydrogen-bond donors (Lipinski definition) is 0. The summed E-state index contributed by atoms with van der Waals surface area (Å²) in [6.07, 6.45) is 0. The highest BCUT2D eigenvalue weighted by Gasteiger charge is 2.19. The number of likely N-dealkylation sites (N-methyl/N-ethyl adjacent to an activating group) is 1. The van der Waals surface area contributed by atoms with Crippen LogP contribution in [0, 0.1) is 4.91 Å². The number of nitrogens with zero attached hydrogens (tertiary/aromatic N) is 3. The first-order chi connectivity index (χ1) is 8.20. The molecular weight excluding hydrogens is 218 g/mol. The molecule has 0 saturated carbocycles. The maximum absolute atomic E-state index is 12.1. The van der Waals surface area contributed by atoms with E-state index >= 15 is 0 Å². The van der Waals surface area contributed by atoms with Gasteiger partial charge in [0.15, 0.2) is 0 Å². The Morgan fingerprint density at radius 3 is 2.24 bits per heavy atom.